The van der Waals surface area contributed by atoms with Crippen molar-refractivity contribution in [1.82, 2.24) is 0 Å². The van der Waals surface area contributed by atoms with Gasteiger partial charge in [0.05, 0.1) is 27.7 Å². The predicted molar refractivity (Wildman–Crippen MR) is 365 cm³/mol. The number of phosphoric acid groups is 1. The second-order valence-electron chi connectivity index (χ2n) is 27.4. The number of ether oxygens (including phenoxy) is 2. The number of nitrogens with zero attached hydrogens (tertiary/aromatic N) is 1. The second-order valence-corrected chi connectivity index (χ2v) is 28.8. The van der Waals surface area contributed by atoms with Gasteiger partial charge in [0.1, 0.15) is 19.8 Å². The van der Waals surface area contributed by atoms with Crippen molar-refractivity contribution in [1.29, 1.82) is 0 Å². The highest BCUT2D eigenvalue weighted by Crippen LogP contribution is 2.38. The number of rotatable bonds is 72. The lowest BCUT2D eigenvalue weighted by atomic mass is 10.0. The average molecular weight is 1220 g/mol. The van der Waals surface area contributed by atoms with Gasteiger partial charge in [-0.3, -0.25) is 14.2 Å². The van der Waals surface area contributed by atoms with E-state index in [-0.39, 0.29) is 32.0 Å². The summed E-state index contributed by atoms with van der Waals surface area (Å²) in [5.41, 5.74) is 0. The molecule has 2 unspecified atom stereocenters. The Kier molecular flexibility index (Phi) is 66.2. The molecule has 0 spiro atoms. The van der Waals surface area contributed by atoms with E-state index in [1.165, 1.54) is 340 Å². The Morgan fingerprint density at radius 1 is 0.353 bits per heavy atom. The van der Waals surface area contributed by atoms with Crippen LogP contribution in [0, 0.1) is 0 Å². The van der Waals surface area contributed by atoms with E-state index in [0.29, 0.717) is 17.4 Å². The van der Waals surface area contributed by atoms with Gasteiger partial charge in [0, 0.05) is 12.8 Å². The zero-order valence-corrected chi connectivity index (χ0v) is 58.7. The van der Waals surface area contributed by atoms with Crippen molar-refractivity contribution in [3.05, 3.63) is 12.2 Å². The monoisotopic (exact) mass is 1220 g/mol. The molecular weight excluding hydrogens is 1070 g/mol. The van der Waals surface area contributed by atoms with Crippen LogP contribution < -0.4 is 4.89 Å². The van der Waals surface area contributed by atoms with Crippen LogP contribution in [0.2, 0.25) is 0 Å². The predicted octanol–water partition coefficient (Wildman–Crippen LogP) is 24.0. The van der Waals surface area contributed by atoms with Crippen LogP contribution in [-0.4, -0.2) is 70.0 Å². The van der Waals surface area contributed by atoms with Crippen LogP contribution in [0.3, 0.4) is 0 Å². The summed E-state index contributed by atoms with van der Waals surface area (Å²) in [6, 6.07) is 0. The second kappa shape index (κ2) is 67.2. The van der Waals surface area contributed by atoms with Crippen LogP contribution in [0.1, 0.15) is 406 Å². The number of phosphoric ester groups is 1. The van der Waals surface area contributed by atoms with E-state index < -0.39 is 26.5 Å². The maximum atomic E-state index is 12.9. The van der Waals surface area contributed by atoms with Crippen LogP contribution in [0.15, 0.2) is 12.2 Å². The smallest absolute Gasteiger partial charge is 0.306 e. The summed E-state index contributed by atoms with van der Waals surface area (Å²) in [6.07, 6.45) is 83.3. The molecular formula is C75H148NO8P. The van der Waals surface area contributed by atoms with Gasteiger partial charge in [-0.2, -0.15) is 0 Å². The van der Waals surface area contributed by atoms with Crippen LogP contribution in [-0.2, 0) is 32.7 Å². The lowest BCUT2D eigenvalue weighted by Crippen LogP contribution is -2.37. The minimum atomic E-state index is -4.64. The fraction of sp³-hybridized carbons (Fsp3) is 0.947. The Bertz CT molecular complexity index is 1440. The largest absolute Gasteiger partial charge is 0.756 e. The van der Waals surface area contributed by atoms with Crippen LogP contribution >= 0.6 is 7.82 Å². The zero-order chi connectivity index (χ0) is 61.9. The van der Waals surface area contributed by atoms with E-state index in [1.807, 2.05) is 21.1 Å². The molecule has 0 aliphatic rings. The first kappa shape index (κ1) is 83.8. The van der Waals surface area contributed by atoms with Crippen molar-refractivity contribution in [2.24, 2.45) is 0 Å². The van der Waals surface area contributed by atoms with Crippen LogP contribution in [0.25, 0.3) is 0 Å². The first-order valence-corrected chi connectivity index (χ1v) is 39.4. The molecule has 0 saturated heterocycles. The van der Waals surface area contributed by atoms with Gasteiger partial charge in [-0.25, -0.2) is 0 Å². The van der Waals surface area contributed by atoms with E-state index in [4.69, 9.17) is 18.5 Å². The highest BCUT2D eigenvalue weighted by Gasteiger charge is 2.22. The van der Waals surface area contributed by atoms with E-state index in [1.54, 1.807) is 0 Å². The summed E-state index contributed by atoms with van der Waals surface area (Å²) >= 11 is 0. The van der Waals surface area contributed by atoms with E-state index in [2.05, 4.69) is 26.0 Å². The van der Waals surface area contributed by atoms with Crippen molar-refractivity contribution in [3.63, 3.8) is 0 Å². The van der Waals surface area contributed by atoms with Gasteiger partial charge in [-0.15, -0.1) is 0 Å². The molecule has 0 amide bonds. The third-order valence-electron chi connectivity index (χ3n) is 17.5. The van der Waals surface area contributed by atoms with E-state index >= 15 is 0 Å². The molecule has 2 atom stereocenters. The summed E-state index contributed by atoms with van der Waals surface area (Å²) in [4.78, 5) is 38.1. The molecule has 0 bridgehead atoms. The summed E-state index contributed by atoms with van der Waals surface area (Å²) in [5, 5.41) is 0. The van der Waals surface area contributed by atoms with E-state index in [0.717, 1.165) is 32.1 Å². The molecule has 0 radical (unpaired) electrons. The van der Waals surface area contributed by atoms with Gasteiger partial charge in [0.25, 0.3) is 7.82 Å². The molecule has 0 heterocycles. The van der Waals surface area contributed by atoms with Gasteiger partial charge in [-0.1, -0.05) is 366 Å². The number of carbonyl (C=O) groups is 2. The fourth-order valence-corrected chi connectivity index (χ4v) is 12.4. The maximum Gasteiger partial charge on any atom is 0.306 e. The first-order valence-electron chi connectivity index (χ1n) is 37.9. The summed E-state index contributed by atoms with van der Waals surface area (Å²) in [5.74, 6) is -0.804. The van der Waals surface area contributed by atoms with Crippen molar-refractivity contribution in [3.8, 4) is 0 Å². The zero-order valence-electron chi connectivity index (χ0n) is 57.9. The van der Waals surface area contributed by atoms with Gasteiger partial charge >= 0.3 is 11.9 Å². The number of likely N-dealkylation sites (N-methyl/N-ethyl adjacent to an activating group) is 1. The van der Waals surface area contributed by atoms with Crippen molar-refractivity contribution >= 4 is 19.8 Å². The number of quaternary nitrogens is 1. The number of allylic oxidation sites excluding steroid dienone is 2. The van der Waals surface area contributed by atoms with Crippen molar-refractivity contribution in [2.75, 3.05) is 47.5 Å². The minimum Gasteiger partial charge on any atom is -0.756 e. The average Bonchev–Trinajstić information content (AvgIpc) is 3.50. The number of carbonyl (C=O) groups excluding carboxylic acids is 2. The molecule has 0 aliphatic heterocycles. The first-order chi connectivity index (χ1) is 41.5. The molecule has 0 aromatic heterocycles. The quantitative estimate of drug-likeness (QED) is 0.0195. The lowest BCUT2D eigenvalue weighted by molar-refractivity contribution is -0.870. The topological polar surface area (TPSA) is 111 Å². The molecule has 0 fully saturated rings. The van der Waals surface area contributed by atoms with Crippen LogP contribution in [0.4, 0.5) is 0 Å². The molecule has 0 aliphatic carbocycles. The fourth-order valence-electron chi connectivity index (χ4n) is 11.7. The molecule has 0 aromatic carbocycles. The van der Waals surface area contributed by atoms with Crippen molar-refractivity contribution in [2.45, 2.75) is 412 Å². The Hall–Kier alpha value is -1.25. The molecule has 85 heavy (non-hydrogen) atoms. The number of hydrogen-bond acceptors (Lipinski definition) is 8. The standard InChI is InChI=1S/C75H148NO8P/c1-6-8-10-12-14-16-18-20-22-24-26-28-30-31-32-33-34-35-36-37-38-39-40-41-42-43-44-45-46-48-50-52-54-56-58-60-62-64-66-68-75(78)84-73(72-83-85(79,80)82-70-69-76(3,4)5)71-81-74(77)67-65-63-61-59-57-55-53-51-49-47-29-27-25-23-21-19-17-15-13-11-9-7-2/h24,26,73H,6-23,25,27-72H2,1-5H3/b26-24-. The number of esters is 2. The molecule has 9 nitrogen and oxygen atoms in total. The minimum absolute atomic E-state index is 0.0254. The summed E-state index contributed by atoms with van der Waals surface area (Å²) in [7, 11) is 1.20. The van der Waals surface area contributed by atoms with Crippen molar-refractivity contribution < 1.29 is 42.1 Å². The highest BCUT2D eigenvalue weighted by molar-refractivity contribution is 7.45. The summed E-state index contributed by atoms with van der Waals surface area (Å²) in [6.45, 7) is 4.33. The maximum absolute atomic E-state index is 12.9. The van der Waals surface area contributed by atoms with Gasteiger partial charge in [0.2, 0.25) is 0 Å². The Balaban J connectivity index is 3.87. The third-order valence-corrected chi connectivity index (χ3v) is 18.5. The Labute approximate surface area is 530 Å². The number of unbranched alkanes of at least 4 members (excludes halogenated alkanes) is 56. The third kappa shape index (κ3) is 71.7. The normalized spacial score (nSPS) is 13.1. The Morgan fingerprint density at radius 2 is 0.600 bits per heavy atom. The highest BCUT2D eigenvalue weighted by atomic mass is 31.2. The lowest BCUT2D eigenvalue weighted by Gasteiger charge is -2.28. The summed E-state index contributed by atoms with van der Waals surface area (Å²) < 4.78 is 34.4. The van der Waals surface area contributed by atoms with Crippen LogP contribution in [0.5, 0.6) is 0 Å². The van der Waals surface area contributed by atoms with E-state index in [9.17, 15) is 19.0 Å². The Morgan fingerprint density at radius 3 is 0.871 bits per heavy atom. The number of hydrogen-bond donors (Lipinski definition) is 0. The molecule has 0 saturated carbocycles. The van der Waals surface area contributed by atoms with Gasteiger partial charge in [0.15, 0.2) is 6.10 Å². The molecule has 0 aromatic rings. The van der Waals surface area contributed by atoms with Gasteiger partial charge < -0.3 is 27.9 Å². The SMILES string of the molecule is CCCCCCCCCC/C=C\CCCCCCCCCCCCCCCCCCCCCCCCCCCCCC(=O)OC(COC(=O)CCCCCCCCCCCCCCCCCCCCCCCC)COP(=O)([O-])OCC[N+](C)(C)C. The molecule has 0 N–H and O–H groups in total. The molecule has 0 rings (SSSR count). The molecule has 506 valence electrons. The molecule has 10 heteroatoms. The van der Waals surface area contributed by atoms with Gasteiger partial charge in [-0.05, 0) is 38.5 Å².